The van der Waals surface area contributed by atoms with Crippen LogP contribution in [0.3, 0.4) is 0 Å². The summed E-state index contributed by atoms with van der Waals surface area (Å²) in [6.45, 7) is 1.39. The van der Waals surface area contributed by atoms with Crippen LogP contribution in [0.2, 0.25) is 0 Å². The average Bonchev–Trinajstić information content (AvgIpc) is 3.38. The number of benzene rings is 3. The third kappa shape index (κ3) is 4.65. The summed E-state index contributed by atoms with van der Waals surface area (Å²) in [4.78, 5) is 21.0. The number of H-pyrrole nitrogens is 1. The van der Waals surface area contributed by atoms with Crippen LogP contribution in [0, 0.1) is 5.92 Å². The van der Waals surface area contributed by atoms with Crippen LogP contribution in [-0.4, -0.2) is 54.9 Å². The molecule has 4 aromatic rings. The molecule has 10 heteroatoms. The van der Waals surface area contributed by atoms with Gasteiger partial charge in [-0.3, -0.25) is 4.79 Å². The zero-order valence-electron chi connectivity index (χ0n) is 20.0. The highest BCUT2D eigenvalue weighted by molar-refractivity contribution is 7.89. The van der Waals surface area contributed by atoms with Crippen molar-refractivity contribution in [3.8, 4) is 22.9 Å². The second-order valence-corrected chi connectivity index (χ2v) is 11.1. The van der Waals surface area contributed by atoms with Gasteiger partial charge in [0.1, 0.15) is 19.0 Å². The first-order valence-corrected chi connectivity index (χ1v) is 13.7. The molecular weight excluding hydrogens is 492 g/mol. The lowest BCUT2D eigenvalue weighted by Crippen LogP contribution is -2.41. The second-order valence-electron chi connectivity index (χ2n) is 9.15. The first-order chi connectivity index (χ1) is 18.0. The molecule has 190 valence electrons. The number of anilines is 1. The molecule has 1 aromatic heterocycles. The predicted octanol–water partition coefficient (Wildman–Crippen LogP) is 4.04. The van der Waals surface area contributed by atoms with Gasteiger partial charge in [0.2, 0.25) is 15.9 Å². The van der Waals surface area contributed by atoms with Crippen molar-refractivity contribution in [2.24, 2.45) is 5.92 Å². The maximum atomic E-state index is 13.2. The smallest absolute Gasteiger partial charge is 0.243 e. The summed E-state index contributed by atoms with van der Waals surface area (Å²) in [6, 6.07) is 20.0. The molecule has 0 unspecified atom stereocenters. The van der Waals surface area contributed by atoms with Crippen molar-refractivity contribution in [3.63, 3.8) is 0 Å². The number of aromatic amines is 1. The van der Waals surface area contributed by atoms with E-state index in [1.54, 1.807) is 6.07 Å². The minimum Gasteiger partial charge on any atom is -0.486 e. The summed E-state index contributed by atoms with van der Waals surface area (Å²) >= 11 is 0. The summed E-state index contributed by atoms with van der Waals surface area (Å²) in [5, 5.41) is 2.97. The van der Waals surface area contributed by atoms with E-state index in [0.717, 1.165) is 22.4 Å². The molecule has 3 heterocycles. The van der Waals surface area contributed by atoms with E-state index in [1.165, 1.54) is 16.4 Å². The van der Waals surface area contributed by atoms with Crippen molar-refractivity contribution < 1.29 is 22.7 Å². The standard InChI is InChI=1S/C27H26N4O5S/c32-27(28-20-7-5-18(6-8-20)26-29-22-3-1-2-4-23(22)30-26)19-11-13-31(14-12-19)37(33,34)21-9-10-24-25(17-21)36-16-15-35-24/h1-10,17,19H,11-16H2,(H,28,32)(H,29,30). The number of carbonyl (C=O) groups is 1. The van der Waals surface area contributed by atoms with E-state index >= 15 is 0 Å². The normalized spacial score (nSPS) is 16.5. The van der Waals surface area contributed by atoms with Crippen LogP contribution in [0.4, 0.5) is 5.69 Å². The van der Waals surface area contributed by atoms with E-state index in [0.29, 0.717) is 43.2 Å². The Kier molecular flexibility index (Phi) is 6.05. The Labute approximate surface area is 214 Å². The third-order valence-electron chi connectivity index (χ3n) is 6.79. The van der Waals surface area contributed by atoms with Crippen LogP contribution in [0.15, 0.2) is 71.6 Å². The maximum Gasteiger partial charge on any atom is 0.243 e. The fourth-order valence-electron chi connectivity index (χ4n) is 4.74. The number of hydrogen-bond donors (Lipinski definition) is 2. The van der Waals surface area contributed by atoms with Crippen molar-refractivity contribution >= 4 is 32.7 Å². The molecule has 1 amide bonds. The molecule has 6 rings (SSSR count). The first-order valence-electron chi connectivity index (χ1n) is 12.2. The largest absolute Gasteiger partial charge is 0.486 e. The Morgan fingerprint density at radius 2 is 1.68 bits per heavy atom. The number of hydrogen-bond acceptors (Lipinski definition) is 6. The molecule has 1 saturated heterocycles. The van der Waals surface area contributed by atoms with E-state index in [2.05, 4.69) is 15.3 Å². The third-order valence-corrected chi connectivity index (χ3v) is 8.69. The minimum absolute atomic E-state index is 0.104. The molecule has 0 bridgehead atoms. The molecule has 9 nitrogen and oxygen atoms in total. The molecule has 1 fully saturated rings. The van der Waals surface area contributed by atoms with Crippen molar-refractivity contribution in [3.05, 3.63) is 66.7 Å². The quantitative estimate of drug-likeness (QED) is 0.412. The van der Waals surface area contributed by atoms with Gasteiger partial charge in [-0.25, -0.2) is 13.4 Å². The Morgan fingerprint density at radius 1 is 0.946 bits per heavy atom. The number of fused-ring (bicyclic) bond motifs is 2. The van der Waals surface area contributed by atoms with Gasteiger partial charge < -0.3 is 19.8 Å². The van der Waals surface area contributed by atoms with Gasteiger partial charge in [-0.05, 0) is 61.4 Å². The maximum absolute atomic E-state index is 13.2. The van der Waals surface area contributed by atoms with Crippen molar-refractivity contribution in [2.75, 3.05) is 31.6 Å². The summed E-state index contributed by atoms with van der Waals surface area (Å²) < 4.78 is 38.8. The van der Waals surface area contributed by atoms with Gasteiger partial charge in [-0.15, -0.1) is 0 Å². The number of amides is 1. The molecule has 0 radical (unpaired) electrons. The molecule has 0 spiro atoms. The fourth-order valence-corrected chi connectivity index (χ4v) is 6.22. The molecular formula is C27H26N4O5S. The highest BCUT2D eigenvalue weighted by atomic mass is 32.2. The summed E-state index contributed by atoms with van der Waals surface area (Å²) in [5.41, 5.74) is 3.48. The highest BCUT2D eigenvalue weighted by Crippen LogP contribution is 2.34. The van der Waals surface area contributed by atoms with E-state index in [9.17, 15) is 13.2 Å². The van der Waals surface area contributed by atoms with Crippen LogP contribution in [-0.2, 0) is 14.8 Å². The van der Waals surface area contributed by atoms with Gasteiger partial charge in [-0.1, -0.05) is 12.1 Å². The van der Waals surface area contributed by atoms with Crippen LogP contribution in [0.1, 0.15) is 12.8 Å². The number of piperidine rings is 1. The van der Waals surface area contributed by atoms with Crippen LogP contribution in [0.25, 0.3) is 22.4 Å². The van der Waals surface area contributed by atoms with E-state index < -0.39 is 10.0 Å². The topological polar surface area (TPSA) is 114 Å². The number of aromatic nitrogens is 2. The lowest BCUT2D eigenvalue weighted by molar-refractivity contribution is -0.120. The number of para-hydroxylation sites is 2. The Bertz CT molecular complexity index is 1520. The molecule has 2 aliphatic heterocycles. The molecule has 3 aromatic carbocycles. The summed E-state index contributed by atoms with van der Waals surface area (Å²) in [6.07, 6.45) is 0.902. The number of ether oxygens (including phenoxy) is 2. The zero-order valence-corrected chi connectivity index (χ0v) is 20.8. The van der Waals surface area contributed by atoms with Crippen molar-refractivity contribution in [1.29, 1.82) is 0 Å². The van der Waals surface area contributed by atoms with Crippen molar-refractivity contribution in [2.45, 2.75) is 17.7 Å². The predicted molar refractivity (Wildman–Crippen MR) is 139 cm³/mol. The second kappa shape index (κ2) is 9.53. The average molecular weight is 519 g/mol. The number of rotatable bonds is 5. The van der Waals surface area contributed by atoms with E-state index in [4.69, 9.17) is 9.47 Å². The Balaban J connectivity index is 1.07. The fraction of sp³-hybridized carbons (Fsp3) is 0.259. The van der Waals surface area contributed by atoms with Crippen LogP contribution < -0.4 is 14.8 Å². The SMILES string of the molecule is O=C(Nc1ccc(-c2nc3ccccc3[nH]2)cc1)C1CCN(S(=O)(=O)c2ccc3c(c2)OCCO3)CC1. The summed E-state index contributed by atoms with van der Waals surface area (Å²) in [5.74, 6) is 1.39. The number of imidazole rings is 1. The zero-order chi connectivity index (χ0) is 25.4. The molecule has 0 aliphatic carbocycles. The lowest BCUT2D eigenvalue weighted by Gasteiger charge is -2.30. The molecule has 37 heavy (non-hydrogen) atoms. The van der Waals surface area contributed by atoms with Gasteiger partial charge in [0, 0.05) is 36.3 Å². The number of carbonyl (C=O) groups excluding carboxylic acids is 1. The summed E-state index contributed by atoms with van der Waals surface area (Å²) in [7, 11) is -3.69. The van der Waals surface area contributed by atoms with Gasteiger partial charge in [0.25, 0.3) is 0 Å². The molecule has 2 aliphatic rings. The Hall–Kier alpha value is -3.89. The number of nitrogens with one attached hydrogen (secondary N) is 2. The monoisotopic (exact) mass is 518 g/mol. The minimum atomic E-state index is -3.69. The highest BCUT2D eigenvalue weighted by Gasteiger charge is 2.33. The van der Waals surface area contributed by atoms with Crippen LogP contribution in [0.5, 0.6) is 11.5 Å². The molecule has 2 N–H and O–H groups in total. The van der Waals surface area contributed by atoms with Gasteiger partial charge >= 0.3 is 0 Å². The van der Waals surface area contributed by atoms with Crippen molar-refractivity contribution in [1.82, 2.24) is 14.3 Å². The van der Waals surface area contributed by atoms with Gasteiger partial charge in [0.15, 0.2) is 11.5 Å². The number of nitrogens with zero attached hydrogens (tertiary/aromatic N) is 2. The van der Waals surface area contributed by atoms with Gasteiger partial charge in [0.05, 0.1) is 15.9 Å². The Morgan fingerprint density at radius 3 is 2.43 bits per heavy atom. The number of sulfonamides is 1. The lowest BCUT2D eigenvalue weighted by atomic mass is 9.97. The molecule has 0 saturated carbocycles. The van der Waals surface area contributed by atoms with E-state index in [-0.39, 0.29) is 29.8 Å². The van der Waals surface area contributed by atoms with Crippen LogP contribution >= 0.6 is 0 Å². The van der Waals surface area contributed by atoms with Gasteiger partial charge in [-0.2, -0.15) is 4.31 Å². The first kappa shape index (κ1) is 23.5. The van der Waals surface area contributed by atoms with E-state index in [1.807, 2.05) is 48.5 Å². The molecule has 0 atom stereocenters.